The molecule has 0 aromatic heterocycles. The second-order valence-corrected chi connectivity index (χ2v) is 9.22. The number of benzene rings is 2. The summed E-state index contributed by atoms with van der Waals surface area (Å²) in [5.41, 5.74) is 2.07. The Hall–Kier alpha value is -3.12. The van der Waals surface area contributed by atoms with E-state index in [1.165, 1.54) is 0 Å². The second-order valence-electron chi connectivity index (χ2n) is 8.78. The number of nitrogens with zero attached hydrogens (tertiary/aromatic N) is 2. The fraction of sp³-hybridized carbons (Fsp3) is 0.320. The van der Waals surface area contributed by atoms with Gasteiger partial charge in [0.15, 0.2) is 5.78 Å². The molecule has 2 aliphatic rings. The maximum Gasteiger partial charge on any atom is 0.325 e. The van der Waals surface area contributed by atoms with Crippen molar-refractivity contribution in [1.82, 2.24) is 10.2 Å². The number of carbonyl (C=O) groups is 3. The number of imide groups is 1. The average molecular weight is 452 g/mol. The van der Waals surface area contributed by atoms with Gasteiger partial charge in [0.1, 0.15) is 5.54 Å². The largest absolute Gasteiger partial charge is 0.347 e. The van der Waals surface area contributed by atoms with Gasteiger partial charge in [0.2, 0.25) is 0 Å². The number of nitrogens with one attached hydrogen (secondary N) is 1. The Kier molecular flexibility index (Phi) is 5.37. The van der Waals surface area contributed by atoms with E-state index in [4.69, 9.17) is 11.6 Å². The molecule has 2 aliphatic heterocycles. The molecule has 1 unspecified atom stereocenters. The number of halogens is 1. The van der Waals surface area contributed by atoms with E-state index in [2.05, 4.69) is 25.2 Å². The first-order chi connectivity index (χ1) is 15.1. The van der Waals surface area contributed by atoms with Crippen molar-refractivity contribution in [3.63, 3.8) is 0 Å². The Bertz CT molecular complexity index is 1140. The first-order valence-corrected chi connectivity index (χ1v) is 11.0. The Labute approximate surface area is 192 Å². The quantitative estimate of drug-likeness (QED) is 0.541. The highest BCUT2D eigenvalue weighted by atomic mass is 35.5. The summed E-state index contributed by atoms with van der Waals surface area (Å²) >= 11 is 5.98. The molecule has 3 amide bonds. The lowest BCUT2D eigenvalue weighted by atomic mass is 9.83. The van der Waals surface area contributed by atoms with Gasteiger partial charge in [0.05, 0.1) is 6.54 Å². The van der Waals surface area contributed by atoms with E-state index in [0.717, 1.165) is 21.8 Å². The van der Waals surface area contributed by atoms with Gasteiger partial charge in [-0.25, -0.2) is 4.79 Å². The van der Waals surface area contributed by atoms with Crippen molar-refractivity contribution in [2.24, 2.45) is 0 Å². The minimum absolute atomic E-state index is 0.306. The molecule has 2 aromatic carbocycles. The summed E-state index contributed by atoms with van der Waals surface area (Å²) in [4.78, 5) is 42.1. The van der Waals surface area contributed by atoms with Crippen molar-refractivity contribution in [2.45, 2.75) is 38.1 Å². The molecular weight excluding hydrogens is 426 g/mol. The zero-order chi connectivity index (χ0) is 23.3. The normalized spacial score (nSPS) is 23.0. The number of rotatable bonds is 5. The molecule has 0 aliphatic carbocycles. The minimum Gasteiger partial charge on any atom is -0.347 e. The number of fused-ring (bicyclic) bond motifs is 1. The van der Waals surface area contributed by atoms with Gasteiger partial charge in [0, 0.05) is 34.9 Å². The van der Waals surface area contributed by atoms with Gasteiger partial charge >= 0.3 is 6.03 Å². The van der Waals surface area contributed by atoms with Gasteiger partial charge < -0.3 is 10.2 Å². The number of carbonyl (C=O) groups excluding carboxylic acids is 3. The fourth-order valence-electron chi connectivity index (χ4n) is 4.76. The van der Waals surface area contributed by atoms with E-state index in [1.54, 1.807) is 30.3 Å². The van der Waals surface area contributed by atoms with Gasteiger partial charge in [-0.1, -0.05) is 62.7 Å². The monoisotopic (exact) mass is 451 g/mol. The van der Waals surface area contributed by atoms with Crippen LogP contribution in [0.4, 0.5) is 10.5 Å². The van der Waals surface area contributed by atoms with Crippen molar-refractivity contribution >= 4 is 35.0 Å². The summed E-state index contributed by atoms with van der Waals surface area (Å²) in [5, 5.41) is 3.34. The van der Waals surface area contributed by atoms with Crippen molar-refractivity contribution in [1.29, 1.82) is 0 Å². The summed E-state index contributed by atoms with van der Waals surface area (Å²) in [7, 11) is 1.92. The number of hydrogen-bond acceptors (Lipinski definition) is 4. The van der Waals surface area contributed by atoms with Crippen molar-refractivity contribution in [2.75, 3.05) is 18.5 Å². The first kappa shape index (κ1) is 22.1. The molecule has 0 radical (unpaired) electrons. The van der Waals surface area contributed by atoms with Crippen molar-refractivity contribution in [3.8, 4) is 0 Å². The molecule has 2 aromatic rings. The molecule has 0 spiro atoms. The van der Waals surface area contributed by atoms with Crippen LogP contribution < -0.4 is 10.2 Å². The van der Waals surface area contributed by atoms with E-state index in [9.17, 15) is 14.4 Å². The molecule has 6 nitrogen and oxygen atoms in total. The summed E-state index contributed by atoms with van der Waals surface area (Å²) in [5.74, 6) is -0.736. The molecule has 0 bridgehead atoms. The number of ketones is 1. The highest BCUT2D eigenvalue weighted by molar-refractivity contribution is 6.30. The van der Waals surface area contributed by atoms with Crippen LogP contribution in [0.2, 0.25) is 5.02 Å². The molecule has 0 saturated carbocycles. The van der Waals surface area contributed by atoms with E-state index in [-0.39, 0.29) is 17.7 Å². The standard InChI is InChI=1S/C25H26ClN3O3/c1-5-25(16-10-12-17(26)13-11-16)22(31)29(23(32)27-25)15-18(30)14-21-24(2,3)19-8-6-7-9-20(19)28(21)4/h6-14H,5,15H2,1-4H3,(H,27,32)/b21-14-. The predicted molar refractivity (Wildman–Crippen MR) is 125 cm³/mol. The Morgan fingerprint density at radius 1 is 1.09 bits per heavy atom. The lowest BCUT2D eigenvalue weighted by molar-refractivity contribution is -0.134. The van der Waals surface area contributed by atoms with Crippen LogP contribution in [-0.4, -0.2) is 36.2 Å². The third kappa shape index (κ3) is 3.30. The average Bonchev–Trinajstić information content (AvgIpc) is 3.12. The molecule has 1 N–H and O–H groups in total. The van der Waals surface area contributed by atoms with Gasteiger partial charge in [-0.3, -0.25) is 14.5 Å². The molecule has 4 rings (SSSR count). The molecular formula is C25H26ClN3O3. The topological polar surface area (TPSA) is 69.7 Å². The summed E-state index contributed by atoms with van der Waals surface area (Å²) < 4.78 is 0. The number of allylic oxidation sites excluding steroid dienone is 1. The molecule has 1 saturated heterocycles. The van der Waals surface area contributed by atoms with E-state index < -0.39 is 17.5 Å². The molecule has 7 heteroatoms. The minimum atomic E-state index is -1.20. The Morgan fingerprint density at radius 2 is 1.75 bits per heavy atom. The highest BCUT2D eigenvalue weighted by Crippen LogP contribution is 2.46. The van der Waals surface area contributed by atoms with Crippen LogP contribution in [0.1, 0.15) is 38.3 Å². The molecule has 32 heavy (non-hydrogen) atoms. The molecule has 1 atom stereocenters. The summed E-state index contributed by atoms with van der Waals surface area (Å²) in [6.45, 7) is 5.63. The zero-order valence-corrected chi connectivity index (χ0v) is 19.4. The third-order valence-corrected chi connectivity index (χ3v) is 6.85. The third-order valence-electron chi connectivity index (χ3n) is 6.60. The predicted octanol–water partition coefficient (Wildman–Crippen LogP) is 4.38. The SMILES string of the molecule is CCC1(c2ccc(Cl)cc2)NC(=O)N(CC(=O)/C=C2\N(C)c3ccccc3C2(C)C)C1=O. The zero-order valence-electron chi connectivity index (χ0n) is 18.6. The number of para-hydroxylation sites is 1. The summed E-state index contributed by atoms with van der Waals surface area (Å²) in [6, 6.07) is 14.3. The number of likely N-dealkylation sites (N-methyl/N-ethyl adjacent to an activating group) is 1. The molecule has 2 heterocycles. The maximum atomic E-state index is 13.3. The van der Waals surface area contributed by atoms with Gasteiger partial charge in [-0.2, -0.15) is 0 Å². The van der Waals surface area contributed by atoms with Crippen molar-refractivity contribution in [3.05, 3.63) is 76.5 Å². The number of anilines is 1. The Morgan fingerprint density at radius 3 is 2.38 bits per heavy atom. The van der Waals surface area contributed by atoms with E-state index in [1.807, 2.05) is 37.1 Å². The van der Waals surface area contributed by atoms with Crippen LogP contribution in [0.25, 0.3) is 0 Å². The smallest absolute Gasteiger partial charge is 0.325 e. The molecule has 1 fully saturated rings. The Balaban J connectivity index is 1.60. The second kappa shape index (κ2) is 7.78. The van der Waals surface area contributed by atoms with Crippen molar-refractivity contribution < 1.29 is 14.4 Å². The first-order valence-electron chi connectivity index (χ1n) is 10.6. The number of amides is 3. The van der Waals surface area contributed by atoms with E-state index >= 15 is 0 Å². The summed E-state index contributed by atoms with van der Waals surface area (Å²) in [6.07, 6.45) is 1.91. The lowest BCUT2D eigenvalue weighted by Gasteiger charge is -2.26. The van der Waals surface area contributed by atoms with Crippen LogP contribution in [0.5, 0.6) is 0 Å². The molecule has 166 valence electrons. The van der Waals surface area contributed by atoms with Crippen LogP contribution in [0, 0.1) is 0 Å². The van der Waals surface area contributed by atoms with Crippen LogP contribution >= 0.6 is 11.6 Å². The van der Waals surface area contributed by atoms with Gasteiger partial charge in [0.25, 0.3) is 5.91 Å². The number of urea groups is 1. The maximum absolute atomic E-state index is 13.3. The van der Waals surface area contributed by atoms with E-state index in [0.29, 0.717) is 17.0 Å². The number of hydrogen-bond donors (Lipinski definition) is 1. The fourth-order valence-corrected chi connectivity index (χ4v) is 4.88. The van der Waals surface area contributed by atoms with Crippen LogP contribution in [-0.2, 0) is 20.5 Å². The van der Waals surface area contributed by atoms with Gasteiger partial charge in [-0.15, -0.1) is 0 Å². The van der Waals surface area contributed by atoms with Crippen LogP contribution in [0.15, 0.2) is 60.3 Å². The highest BCUT2D eigenvalue weighted by Gasteiger charge is 2.51. The lowest BCUT2D eigenvalue weighted by Crippen LogP contribution is -2.43. The van der Waals surface area contributed by atoms with Gasteiger partial charge in [-0.05, 0) is 35.7 Å². The van der Waals surface area contributed by atoms with Crippen LogP contribution in [0.3, 0.4) is 0 Å².